The van der Waals surface area contributed by atoms with E-state index in [-0.39, 0.29) is 10.8 Å². The maximum absolute atomic E-state index is 12.1. The zero-order chi connectivity index (χ0) is 16.2. The average Bonchev–Trinajstić information content (AvgIpc) is 2.43. The van der Waals surface area contributed by atoms with Gasteiger partial charge < -0.3 is 14.9 Å². The summed E-state index contributed by atoms with van der Waals surface area (Å²) >= 11 is 0. The number of nitrogens with one attached hydrogen (secondary N) is 1. The number of nitrogens with zero attached hydrogens (tertiary/aromatic N) is 2. The topological polar surface area (TPSA) is 128 Å². The van der Waals surface area contributed by atoms with Gasteiger partial charge in [-0.05, 0) is 21.9 Å². The van der Waals surface area contributed by atoms with Crippen LogP contribution in [0.5, 0.6) is 0 Å². The van der Waals surface area contributed by atoms with Crippen molar-refractivity contribution in [2.45, 2.75) is 24.8 Å². The van der Waals surface area contributed by atoms with Gasteiger partial charge in [0.1, 0.15) is 10.9 Å². The van der Waals surface area contributed by atoms with Gasteiger partial charge in [-0.3, -0.25) is 4.79 Å². The van der Waals surface area contributed by atoms with Crippen molar-refractivity contribution in [3.63, 3.8) is 0 Å². The largest absolute Gasteiger partial charge is 0.468 e. The van der Waals surface area contributed by atoms with Gasteiger partial charge in [0.15, 0.2) is 6.20 Å². The molecule has 0 aromatic carbocycles. The molecule has 0 radical (unpaired) electrons. The Labute approximate surface area is 121 Å². The summed E-state index contributed by atoms with van der Waals surface area (Å²) in [5.74, 6) is -1.52. The van der Waals surface area contributed by atoms with Crippen LogP contribution in [-0.4, -0.2) is 37.4 Å². The van der Waals surface area contributed by atoms with E-state index in [1.54, 1.807) is 13.8 Å². The second-order valence-corrected chi connectivity index (χ2v) is 6.19. The summed E-state index contributed by atoms with van der Waals surface area (Å²) in [6.07, 6.45) is 0.856. The maximum atomic E-state index is 12.1. The molecule has 1 heterocycles. The number of aromatic nitrogens is 1. The number of methoxy groups -OCH3 is 1. The molecular formula is C11H15N3O6S. The molecule has 1 aromatic rings. The molecule has 0 amide bonds. The molecule has 9 nitrogen and oxygen atoms in total. The molecule has 10 heteroatoms. The number of rotatable bonds is 6. The fourth-order valence-electron chi connectivity index (χ4n) is 1.46. The Kier molecular flexibility index (Phi) is 5.33. The minimum absolute atomic E-state index is 0.275. The third-order valence-corrected chi connectivity index (χ3v) is 4.05. The summed E-state index contributed by atoms with van der Waals surface area (Å²) in [6.45, 7) is 3.30. The third kappa shape index (κ3) is 4.20. The number of pyridine rings is 1. The van der Waals surface area contributed by atoms with Gasteiger partial charge in [0, 0.05) is 6.07 Å². The van der Waals surface area contributed by atoms with Gasteiger partial charge in [0.2, 0.25) is 10.0 Å². The number of carbonyl (C=O) groups is 1. The Morgan fingerprint density at radius 1 is 1.43 bits per heavy atom. The Morgan fingerprint density at radius 2 is 2.05 bits per heavy atom. The van der Waals surface area contributed by atoms with E-state index in [0.717, 1.165) is 25.4 Å². The van der Waals surface area contributed by atoms with Crippen molar-refractivity contribution in [1.29, 1.82) is 0 Å². The summed E-state index contributed by atoms with van der Waals surface area (Å²) < 4.78 is 31.0. The van der Waals surface area contributed by atoms with Crippen LogP contribution in [0.4, 0.5) is 5.82 Å². The predicted molar refractivity (Wildman–Crippen MR) is 71.9 cm³/mol. The van der Waals surface area contributed by atoms with Gasteiger partial charge >= 0.3 is 11.8 Å². The Morgan fingerprint density at radius 3 is 2.43 bits per heavy atom. The molecule has 0 fully saturated rings. The van der Waals surface area contributed by atoms with E-state index < -0.39 is 32.8 Å². The van der Waals surface area contributed by atoms with Crippen LogP contribution in [0.15, 0.2) is 23.2 Å². The molecule has 1 unspecified atom stereocenters. The van der Waals surface area contributed by atoms with Crippen molar-refractivity contribution >= 4 is 21.8 Å². The van der Waals surface area contributed by atoms with E-state index in [4.69, 9.17) is 0 Å². The first kappa shape index (κ1) is 17.0. The summed E-state index contributed by atoms with van der Waals surface area (Å²) in [5, 5.41) is 10.5. The van der Waals surface area contributed by atoms with Crippen molar-refractivity contribution < 1.29 is 22.9 Å². The molecule has 0 aliphatic heterocycles. The van der Waals surface area contributed by atoms with Crippen LogP contribution in [-0.2, 0) is 19.6 Å². The molecule has 0 saturated carbocycles. The van der Waals surface area contributed by atoms with E-state index in [1.165, 1.54) is 0 Å². The molecule has 0 aliphatic carbocycles. The number of sulfonamides is 1. The molecule has 1 rings (SSSR count). The highest BCUT2D eigenvalue weighted by molar-refractivity contribution is 7.89. The number of carbonyl (C=O) groups excluding carboxylic acids is 1. The first-order chi connectivity index (χ1) is 9.69. The molecule has 0 aliphatic rings. The number of hydrogen-bond donors (Lipinski definition) is 1. The van der Waals surface area contributed by atoms with Gasteiger partial charge in [-0.2, -0.15) is 4.72 Å². The lowest BCUT2D eigenvalue weighted by atomic mass is 10.1. The smallest absolute Gasteiger partial charge is 0.363 e. The molecule has 0 bridgehead atoms. The van der Waals surface area contributed by atoms with Crippen molar-refractivity contribution in [2.75, 3.05) is 7.11 Å². The van der Waals surface area contributed by atoms with Gasteiger partial charge in [-0.25, -0.2) is 8.42 Å². The summed E-state index contributed by atoms with van der Waals surface area (Å²) in [5.41, 5.74) is 0. The molecule has 1 atom stereocenters. The van der Waals surface area contributed by atoms with E-state index in [2.05, 4.69) is 14.4 Å². The maximum Gasteiger partial charge on any atom is 0.363 e. The van der Waals surface area contributed by atoms with Crippen LogP contribution >= 0.6 is 0 Å². The Hall–Kier alpha value is -2.07. The second-order valence-electron chi connectivity index (χ2n) is 4.48. The van der Waals surface area contributed by atoms with E-state index >= 15 is 0 Å². The number of nitro groups is 1. The number of esters is 1. The quantitative estimate of drug-likeness (QED) is 0.458. The highest BCUT2D eigenvalue weighted by atomic mass is 32.2. The molecule has 1 N–H and O–H groups in total. The lowest BCUT2D eigenvalue weighted by Crippen LogP contribution is -2.44. The van der Waals surface area contributed by atoms with Gasteiger partial charge in [-0.15, -0.1) is 0 Å². The highest BCUT2D eigenvalue weighted by Gasteiger charge is 2.30. The van der Waals surface area contributed by atoms with Crippen molar-refractivity contribution in [3.8, 4) is 0 Å². The first-order valence-corrected chi connectivity index (χ1v) is 7.38. The Bertz CT molecular complexity index is 626. The van der Waals surface area contributed by atoms with E-state index in [0.29, 0.717) is 0 Å². The lowest BCUT2D eigenvalue weighted by molar-refractivity contribution is -0.389. The fraction of sp³-hybridized carbons (Fsp3) is 0.455. The summed E-state index contributed by atoms with van der Waals surface area (Å²) in [7, 11) is -2.89. The van der Waals surface area contributed by atoms with Gasteiger partial charge in [-0.1, -0.05) is 13.8 Å². The Balaban J connectivity index is 3.04. The van der Waals surface area contributed by atoms with Crippen molar-refractivity contribution in [3.05, 3.63) is 28.4 Å². The predicted octanol–water partition coefficient (Wildman–Crippen LogP) is 0.466. The zero-order valence-corrected chi connectivity index (χ0v) is 12.5. The summed E-state index contributed by atoms with van der Waals surface area (Å²) in [4.78, 5) is 24.4. The van der Waals surface area contributed by atoms with Gasteiger partial charge in [0.05, 0.1) is 7.11 Å². The van der Waals surface area contributed by atoms with Crippen LogP contribution in [0.2, 0.25) is 0 Å². The SMILES string of the molecule is COC(=O)C(NS(=O)(=O)c1ccc([N+](=O)[O-])nc1)C(C)C. The van der Waals surface area contributed by atoms with Crippen LogP contribution in [0.1, 0.15) is 13.8 Å². The number of hydrogen-bond acceptors (Lipinski definition) is 7. The van der Waals surface area contributed by atoms with E-state index in [1.807, 2.05) is 0 Å². The van der Waals surface area contributed by atoms with Crippen molar-refractivity contribution in [1.82, 2.24) is 9.71 Å². The first-order valence-electron chi connectivity index (χ1n) is 5.89. The number of ether oxygens (including phenoxy) is 1. The molecule has 0 spiro atoms. The normalized spacial score (nSPS) is 13.0. The molecule has 21 heavy (non-hydrogen) atoms. The van der Waals surface area contributed by atoms with Gasteiger partial charge in [0.25, 0.3) is 0 Å². The van der Waals surface area contributed by atoms with Crippen molar-refractivity contribution in [2.24, 2.45) is 5.92 Å². The lowest BCUT2D eigenvalue weighted by Gasteiger charge is -2.19. The molecule has 1 aromatic heterocycles. The molecular weight excluding hydrogens is 302 g/mol. The fourth-order valence-corrected chi connectivity index (χ4v) is 2.74. The molecule has 116 valence electrons. The zero-order valence-electron chi connectivity index (χ0n) is 11.6. The van der Waals surface area contributed by atoms with E-state index in [9.17, 15) is 23.3 Å². The summed E-state index contributed by atoms with van der Waals surface area (Å²) in [6, 6.07) is 0.953. The highest BCUT2D eigenvalue weighted by Crippen LogP contribution is 2.14. The van der Waals surface area contributed by atoms with Crippen LogP contribution in [0.3, 0.4) is 0 Å². The molecule has 0 saturated heterocycles. The standard InChI is InChI=1S/C11H15N3O6S/c1-7(2)10(11(15)20-3)13-21(18,19)8-4-5-9(12-6-8)14(16)17/h4-7,10,13H,1-3H3. The third-order valence-electron chi connectivity index (χ3n) is 2.62. The van der Waals surface area contributed by atoms with Crippen LogP contribution in [0.25, 0.3) is 0 Å². The average molecular weight is 317 g/mol. The monoisotopic (exact) mass is 317 g/mol. The second kappa shape index (κ2) is 6.59. The minimum atomic E-state index is -4.04. The van der Waals surface area contributed by atoms with Crippen LogP contribution < -0.4 is 4.72 Å². The van der Waals surface area contributed by atoms with Crippen LogP contribution in [0, 0.1) is 16.0 Å². The minimum Gasteiger partial charge on any atom is -0.468 e.